The van der Waals surface area contributed by atoms with Crippen LogP contribution in [0.1, 0.15) is 36.3 Å². The van der Waals surface area contributed by atoms with Crippen molar-refractivity contribution < 1.29 is 9.47 Å². The molecule has 2 unspecified atom stereocenters. The van der Waals surface area contributed by atoms with E-state index in [1.165, 1.54) is 16.8 Å². The van der Waals surface area contributed by atoms with Gasteiger partial charge in [-0.1, -0.05) is 37.6 Å². The Labute approximate surface area is 211 Å². The number of benzene rings is 1. The van der Waals surface area contributed by atoms with Crippen molar-refractivity contribution in [2.45, 2.75) is 31.4 Å². The third kappa shape index (κ3) is 5.29. The van der Waals surface area contributed by atoms with Gasteiger partial charge in [0.1, 0.15) is 28.8 Å². The van der Waals surface area contributed by atoms with Crippen LogP contribution in [0.3, 0.4) is 0 Å². The quantitative estimate of drug-likeness (QED) is 0.271. The molecule has 0 aliphatic heterocycles. The molecule has 3 aromatic heterocycles. The van der Waals surface area contributed by atoms with Crippen molar-refractivity contribution in [3.63, 3.8) is 0 Å². The summed E-state index contributed by atoms with van der Waals surface area (Å²) in [6, 6.07) is 9.79. The molecule has 34 heavy (non-hydrogen) atoms. The minimum absolute atomic E-state index is 0.0810. The molecule has 0 saturated heterocycles. The van der Waals surface area contributed by atoms with Crippen LogP contribution in [0, 0.1) is 0 Å². The molecule has 4 aromatic rings. The predicted molar refractivity (Wildman–Crippen MR) is 138 cm³/mol. The van der Waals surface area contributed by atoms with Crippen molar-refractivity contribution in [1.29, 1.82) is 0 Å². The lowest BCUT2D eigenvalue weighted by atomic mass is 10.1. The summed E-state index contributed by atoms with van der Waals surface area (Å²) in [5.74, 6) is 3.49. The van der Waals surface area contributed by atoms with Crippen LogP contribution in [-0.2, 0) is 6.42 Å². The average Bonchev–Trinajstić information content (AvgIpc) is 3.52. The number of nitrogens with one attached hydrogen (secondary N) is 1. The van der Waals surface area contributed by atoms with Gasteiger partial charge in [0.25, 0.3) is 0 Å². The summed E-state index contributed by atoms with van der Waals surface area (Å²) >= 11 is 9.14. The van der Waals surface area contributed by atoms with Crippen molar-refractivity contribution in [3.05, 3.63) is 69.7 Å². The highest BCUT2D eigenvalue weighted by atomic mass is 35.5. The second-order valence-electron chi connectivity index (χ2n) is 7.52. The van der Waals surface area contributed by atoms with Gasteiger partial charge in [0.15, 0.2) is 0 Å². The van der Waals surface area contributed by atoms with Gasteiger partial charge in [-0.15, -0.1) is 21.5 Å². The first kappa shape index (κ1) is 24.3. The van der Waals surface area contributed by atoms with Gasteiger partial charge in [0.05, 0.1) is 19.2 Å². The average molecular weight is 517 g/mol. The third-order valence-electron chi connectivity index (χ3n) is 5.36. The van der Waals surface area contributed by atoms with Crippen LogP contribution in [0.15, 0.2) is 48.1 Å². The Hall–Kier alpha value is -2.82. The van der Waals surface area contributed by atoms with Gasteiger partial charge in [0, 0.05) is 34.9 Å². The Morgan fingerprint density at radius 3 is 2.38 bits per heavy atom. The van der Waals surface area contributed by atoms with Crippen LogP contribution in [0.2, 0.25) is 5.02 Å². The zero-order valence-electron chi connectivity index (χ0n) is 19.2. The number of para-hydroxylation sites is 1. The van der Waals surface area contributed by atoms with E-state index in [1.54, 1.807) is 38.0 Å². The monoisotopic (exact) mass is 516 g/mol. The Balaban J connectivity index is 1.65. The Morgan fingerprint density at radius 2 is 1.76 bits per heavy atom. The van der Waals surface area contributed by atoms with Crippen molar-refractivity contribution in [1.82, 2.24) is 24.7 Å². The van der Waals surface area contributed by atoms with Gasteiger partial charge >= 0.3 is 0 Å². The Kier molecular flexibility index (Phi) is 7.91. The van der Waals surface area contributed by atoms with E-state index in [0.717, 1.165) is 17.3 Å². The van der Waals surface area contributed by atoms with Crippen molar-refractivity contribution in [2.24, 2.45) is 0 Å². The number of rotatable bonds is 10. The summed E-state index contributed by atoms with van der Waals surface area (Å²) in [6.07, 6.45) is 3.86. The lowest BCUT2D eigenvalue weighted by Gasteiger charge is -2.20. The van der Waals surface area contributed by atoms with Gasteiger partial charge < -0.3 is 9.47 Å². The number of hydrogen-bond acceptors (Lipinski definition) is 9. The van der Waals surface area contributed by atoms with E-state index in [4.69, 9.17) is 21.1 Å². The third-order valence-corrected chi connectivity index (χ3v) is 7.51. The molecular formula is C23H25ClN6O2S2. The molecule has 4 rings (SSSR count). The van der Waals surface area contributed by atoms with E-state index in [-0.39, 0.29) is 11.2 Å². The van der Waals surface area contributed by atoms with E-state index in [1.807, 2.05) is 28.8 Å². The zero-order chi connectivity index (χ0) is 24.1. The summed E-state index contributed by atoms with van der Waals surface area (Å²) in [5.41, 5.74) is 0.744. The van der Waals surface area contributed by atoms with E-state index in [0.29, 0.717) is 28.9 Å². The summed E-state index contributed by atoms with van der Waals surface area (Å²) in [5, 5.41) is 11.7. The van der Waals surface area contributed by atoms with E-state index in [2.05, 4.69) is 50.2 Å². The summed E-state index contributed by atoms with van der Waals surface area (Å²) < 4.78 is 16.7. The normalized spacial score (nSPS) is 12.9. The molecule has 11 heteroatoms. The molecule has 0 radical (unpaired) electrons. The lowest BCUT2D eigenvalue weighted by Crippen LogP contribution is -2.15. The standard InChI is InChI=1S/C23H25ClN6O2S2/c1-14(22-25-12-16(24)13-26-22)15(2)34-29-23-28-27-20(11-17-7-6-10-33-17)30(23)21-18(31-3)8-5-9-19(21)32-4/h5-10,12-15H,11H2,1-4H3,(H,28,29). The molecule has 3 heterocycles. The highest BCUT2D eigenvalue weighted by Gasteiger charge is 2.24. The molecule has 2 atom stereocenters. The first-order valence-electron chi connectivity index (χ1n) is 10.6. The maximum atomic E-state index is 5.93. The van der Waals surface area contributed by atoms with Crippen LogP contribution < -0.4 is 14.2 Å². The van der Waals surface area contributed by atoms with Crippen LogP contribution in [0.4, 0.5) is 5.95 Å². The lowest BCUT2D eigenvalue weighted by molar-refractivity contribution is 0.391. The molecule has 0 aliphatic carbocycles. The smallest absolute Gasteiger partial charge is 0.239 e. The topological polar surface area (TPSA) is 87.0 Å². The minimum Gasteiger partial charge on any atom is -0.494 e. The minimum atomic E-state index is 0.0810. The summed E-state index contributed by atoms with van der Waals surface area (Å²) in [6.45, 7) is 4.19. The molecule has 0 bridgehead atoms. The van der Waals surface area contributed by atoms with Gasteiger partial charge in [-0.2, -0.15) is 0 Å². The van der Waals surface area contributed by atoms with E-state index < -0.39 is 0 Å². The van der Waals surface area contributed by atoms with Crippen molar-refractivity contribution in [2.75, 3.05) is 18.9 Å². The fourth-order valence-corrected chi connectivity index (χ4v) is 4.92. The zero-order valence-corrected chi connectivity index (χ0v) is 21.6. The van der Waals surface area contributed by atoms with Crippen LogP contribution >= 0.6 is 34.9 Å². The van der Waals surface area contributed by atoms with Gasteiger partial charge in [-0.3, -0.25) is 9.29 Å². The number of nitrogens with zero attached hydrogens (tertiary/aromatic N) is 5. The van der Waals surface area contributed by atoms with Crippen LogP contribution in [-0.4, -0.2) is 44.2 Å². The SMILES string of the molecule is COc1cccc(OC)c1-n1c(Cc2cccs2)nnc1NSC(C)C(C)c1ncc(Cl)cn1. The number of methoxy groups -OCH3 is 2. The number of ether oxygens (including phenoxy) is 2. The Bertz CT molecular complexity index is 1190. The van der Waals surface area contributed by atoms with E-state index >= 15 is 0 Å². The molecule has 0 fully saturated rings. The maximum Gasteiger partial charge on any atom is 0.239 e. The van der Waals surface area contributed by atoms with Gasteiger partial charge in [-0.05, 0) is 35.5 Å². The van der Waals surface area contributed by atoms with Crippen LogP contribution in [0.25, 0.3) is 5.69 Å². The number of thiophene rings is 1. The fraction of sp³-hybridized carbons (Fsp3) is 0.304. The highest BCUT2D eigenvalue weighted by molar-refractivity contribution is 8.01. The molecule has 0 saturated carbocycles. The largest absolute Gasteiger partial charge is 0.494 e. The highest BCUT2D eigenvalue weighted by Crippen LogP contribution is 2.37. The molecular weight excluding hydrogens is 492 g/mol. The molecule has 8 nitrogen and oxygen atoms in total. The van der Waals surface area contributed by atoms with Crippen molar-refractivity contribution >= 4 is 40.8 Å². The van der Waals surface area contributed by atoms with E-state index in [9.17, 15) is 0 Å². The first-order chi connectivity index (χ1) is 16.5. The number of aromatic nitrogens is 5. The Morgan fingerprint density at radius 1 is 1.06 bits per heavy atom. The second-order valence-corrected chi connectivity index (χ2v) is 10.2. The number of anilines is 1. The molecule has 0 spiro atoms. The predicted octanol–water partition coefficient (Wildman–Crippen LogP) is 5.63. The molecule has 0 aliphatic rings. The molecule has 1 aromatic carbocycles. The van der Waals surface area contributed by atoms with Crippen molar-refractivity contribution in [3.8, 4) is 17.2 Å². The summed E-state index contributed by atoms with van der Waals surface area (Å²) in [4.78, 5) is 9.91. The summed E-state index contributed by atoms with van der Waals surface area (Å²) in [7, 11) is 3.28. The molecule has 1 N–H and O–H groups in total. The second kappa shape index (κ2) is 11.1. The van der Waals surface area contributed by atoms with Gasteiger partial charge in [-0.25, -0.2) is 9.97 Å². The van der Waals surface area contributed by atoms with Gasteiger partial charge in [0.2, 0.25) is 5.95 Å². The fourth-order valence-electron chi connectivity index (χ4n) is 3.37. The molecule has 178 valence electrons. The maximum absolute atomic E-state index is 5.93. The van der Waals surface area contributed by atoms with Crippen LogP contribution in [0.5, 0.6) is 11.5 Å². The number of halogens is 1. The molecule has 0 amide bonds. The number of hydrogen-bond donors (Lipinski definition) is 1. The first-order valence-corrected chi connectivity index (χ1v) is 12.7.